The molecule has 0 unspecified atom stereocenters. The Morgan fingerprint density at radius 2 is 1.50 bits per heavy atom. The summed E-state index contributed by atoms with van der Waals surface area (Å²) in [6.45, 7) is 4.06. The summed E-state index contributed by atoms with van der Waals surface area (Å²) in [5.74, 6) is 1.47. The standard InChI is InChI=1S/C16H16Cl3NO2/c1-16(2,20)9-21-15-8-11(18)4-6-14(15)22-13-5-3-10(17)7-12(13)19/h3-8H,9,20H2,1-2H3. The Kier molecular flexibility index (Phi) is 5.45. The van der Waals surface area contributed by atoms with Gasteiger partial charge < -0.3 is 15.2 Å². The lowest BCUT2D eigenvalue weighted by Crippen LogP contribution is -2.38. The van der Waals surface area contributed by atoms with E-state index >= 15 is 0 Å². The Morgan fingerprint density at radius 1 is 0.909 bits per heavy atom. The molecule has 0 heterocycles. The zero-order valence-corrected chi connectivity index (χ0v) is 14.5. The van der Waals surface area contributed by atoms with Gasteiger partial charge in [0.15, 0.2) is 11.5 Å². The van der Waals surface area contributed by atoms with Crippen LogP contribution in [0.25, 0.3) is 0 Å². The fourth-order valence-electron chi connectivity index (χ4n) is 1.62. The van der Waals surface area contributed by atoms with Crippen LogP contribution >= 0.6 is 34.8 Å². The van der Waals surface area contributed by atoms with Crippen LogP contribution in [0.5, 0.6) is 17.2 Å². The van der Waals surface area contributed by atoms with Gasteiger partial charge in [-0.15, -0.1) is 0 Å². The van der Waals surface area contributed by atoms with E-state index in [9.17, 15) is 0 Å². The van der Waals surface area contributed by atoms with Crippen LogP contribution in [-0.4, -0.2) is 12.1 Å². The van der Waals surface area contributed by atoms with Crippen molar-refractivity contribution in [2.24, 2.45) is 5.73 Å². The fourth-order valence-corrected chi connectivity index (χ4v) is 2.23. The Bertz CT molecular complexity index is 669. The second-order valence-electron chi connectivity index (χ2n) is 5.55. The second-order valence-corrected chi connectivity index (χ2v) is 6.83. The summed E-state index contributed by atoms with van der Waals surface area (Å²) in [5.41, 5.74) is 5.46. The van der Waals surface area contributed by atoms with Crippen molar-refractivity contribution in [1.29, 1.82) is 0 Å². The van der Waals surface area contributed by atoms with Gasteiger partial charge in [0.25, 0.3) is 0 Å². The molecule has 2 N–H and O–H groups in total. The highest BCUT2D eigenvalue weighted by Gasteiger charge is 2.15. The summed E-state index contributed by atoms with van der Waals surface area (Å²) in [4.78, 5) is 0. The van der Waals surface area contributed by atoms with Gasteiger partial charge in [-0.05, 0) is 44.2 Å². The van der Waals surface area contributed by atoms with Crippen molar-refractivity contribution in [3.05, 3.63) is 51.5 Å². The van der Waals surface area contributed by atoms with Gasteiger partial charge in [0.1, 0.15) is 12.4 Å². The van der Waals surface area contributed by atoms with Crippen LogP contribution in [0, 0.1) is 0 Å². The predicted octanol–water partition coefficient (Wildman–Crippen LogP) is 5.56. The van der Waals surface area contributed by atoms with E-state index < -0.39 is 5.54 Å². The minimum absolute atomic E-state index is 0.318. The summed E-state index contributed by atoms with van der Waals surface area (Å²) in [6, 6.07) is 10.1. The van der Waals surface area contributed by atoms with Crippen LogP contribution in [0.1, 0.15) is 13.8 Å². The molecule has 0 spiro atoms. The van der Waals surface area contributed by atoms with Crippen LogP contribution in [-0.2, 0) is 0 Å². The summed E-state index contributed by atoms with van der Waals surface area (Å²) in [6.07, 6.45) is 0. The average molecular weight is 361 g/mol. The molecule has 118 valence electrons. The molecule has 0 saturated carbocycles. The zero-order valence-electron chi connectivity index (χ0n) is 12.2. The molecule has 0 fully saturated rings. The number of hydrogen-bond donors (Lipinski definition) is 1. The maximum absolute atomic E-state index is 6.12. The molecule has 0 aromatic heterocycles. The third-order valence-corrected chi connectivity index (χ3v) is 3.38. The number of nitrogens with two attached hydrogens (primary N) is 1. The van der Waals surface area contributed by atoms with Gasteiger partial charge in [0, 0.05) is 21.7 Å². The highest BCUT2D eigenvalue weighted by Crippen LogP contribution is 2.37. The van der Waals surface area contributed by atoms with Crippen molar-refractivity contribution >= 4 is 34.8 Å². The molecule has 2 rings (SSSR count). The third-order valence-electron chi connectivity index (χ3n) is 2.62. The van der Waals surface area contributed by atoms with E-state index in [4.69, 9.17) is 50.0 Å². The Morgan fingerprint density at radius 3 is 2.09 bits per heavy atom. The molecule has 0 aliphatic heterocycles. The summed E-state index contributed by atoms with van der Waals surface area (Å²) in [5, 5.41) is 1.49. The summed E-state index contributed by atoms with van der Waals surface area (Å²) >= 11 is 18.0. The van der Waals surface area contributed by atoms with Gasteiger partial charge in [-0.25, -0.2) is 0 Å². The number of benzene rings is 2. The van der Waals surface area contributed by atoms with Crippen LogP contribution in [0.2, 0.25) is 15.1 Å². The molecule has 0 saturated heterocycles. The molecule has 0 bridgehead atoms. The summed E-state index contributed by atoms with van der Waals surface area (Å²) < 4.78 is 11.5. The van der Waals surface area contributed by atoms with E-state index in [2.05, 4.69) is 0 Å². The molecule has 0 aliphatic rings. The van der Waals surface area contributed by atoms with Crippen LogP contribution in [0.4, 0.5) is 0 Å². The minimum Gasteiger partial charge on any atom is -0.488 e. The monoisotopic (exact) mass is 359 g/mol. The van der Waals surface area contributed by atoms with Gasteiger partial charge in [-0.1, -0.05) is 34.8 Å². The zero-order chi connectivity index (χ0) is 16.3. The SMILES string of the molecule is CC(C)(N)COc1cc(Cl)ccc1Oc1ccc(Cl)cc1Cl. The number of ether oxygens (including phenoxy) is 2. The summed E-state index contributed by atoms with van der Waals surface area (Å²) in [7, 11) is 0. The maximum Gasteiger partial charge on any atom is 0.169 e. The molecule has 0 amide bonds. The van der Waals surface area contributed by atoms with E-state index in [0.29, 0.717) is 38.9 Å². The molecule has 6 heteroatoms. The van der Waals surface area contributed by atoms with Crippen molar-refractivity contribution in [1.82, 2.24) is 0 Å². The number of halogens is 3. The van der Waals surface area contributed by atoms with Crippen LogP contribution in [0.3, 0.4) is 0 Å². The highest BCUT2D eigenvalue weighted by molar-refractivity contribution is 6.35. The molecule has 3 nitrogen and oxygen atoms in total. The second kappa shape index (κ2) is 6.97. The largest absolute Gasteiger partial charge is 0.488 e. The van der Waals surface area contributed by atoms with E-state index in [1.54, 1.807) is 36.4 Å². The van der Waals surface area contributed by atoms with Gasteiger partial charge in [0.2, 0.25) is 0 Å². The molecule has 2 aromatic rings. The third kappa shape index (κ3) is 4.96. The van der Waals surface area contributed by atoms with Gasteiger partial charge in [0.05, 0.1) is 5.02 Å². The smallest absolute Gasteiger partial charge is 0.169 e. The minimum atomic E-state index is -0.475. The highest BCUT2D eigenvalue weighted by atomic mass is 35.5. The van der Waals surface area contributed by atoms with Gasteiger partial charge in [-0.3, -0.25) is 0 Å². The normalized spacial score (nSPS) is 11.4. The Labute approximate surface area is 144 Å². The van der Waals surface area contributed by atoms with Crippen molar-refractivity contribution in [3.63, 3.8) is 0 Å². The Hall–Kier alpha value is -1.13. The first-order chi connectivity index (χ1) is 10.2. The van der Waals surface area contributed by atoms with E-state index in [-0.39, 0.29) is 0 Å². The fraction of sp³-hybridized carbons (Fsp3) is 0.250. The lowest BCUT2D eigenvalue weighted by molar-refractivity contribution is 0.236. The first kappa shape index (κ1) is 17.2. The predicted molar refractivity (Wildman–Crippen MR) is 91.7 cm³/mol. The number of rotatable bonds is 5. The molecule has 0 radical (unpaired) electrons. The van der Waals surface area contributed by atoms with Crippen LogP contribution in [0.15, 0.2) is 36.4 Å². The van der Waals surface area contributed by atoms with Crippen molar-refractivity contribution in [2.45, 2.75) is 19.4 Å². The molecule has 22 heavy (non-hydrogen) atoms. The Balaban J connectivity index is 2.26. The quantitative estimate of drug-likeness (QED) is 0.759. The molecule has 0 atom stereocenters. The van der Waals surface area contributed by atoms with Crippen LogP contribution < -0.4 is 15.2 Å². The van der Waals surface area contributed by atoms with E-state index in [1.165, 1.54) is 0 Å². The van der Waals surface area contributed by atoms with Crippen molar-refractivity contribution < 1.29 is 9.47 Å². The van der Waals surface area contributed by atoms with Gasteiger partial charge in [-0.2, -0.15) is 0 Å². The van der Waals surface area contributed by atoms with E-state index in [0.717, 1.165) is 0 Å². The van der Waals surface area contributed by atoms with Gasteiger partial charge >= 0.3 is 0 Å². The molecular weight excluding hydrogens is 345 g/mol. The first-order valence-corrected chi connectivity index (χ1v) is 7.72. The van der Waals surface area contributed by atoms with Crippen molar-refractivity contribution in [2.75, 3.05) is 6.61 Å². The molecule has 0 aliphatic carbocycles. The topological polar surface area (TPSA) is 44.5 Å². The first-order valence-electron chi connectivity index (χ1n) is 6.59. The maximum atomic E-state index is 6.12. The number of hydrogen-bond acceptors (Lipinski definition) is 3. The average Bonchev–Trinajstić information content (AvgIpc) is 2.41. The van der Waals surface area contributed by atoms with E-state index in [1.807, 2.05) is 13.8 Å². The lowest BCUT2D eigenvalue weighted by Gasteiger charge is -2.20. The molecular formula is C16H16Cl3NO2. The molecule has 2 aromatic carbocycles. The lowest BCUT2D eigenvalue weighted by atomic mass is 10.1. The van der Waals surface area contributed by atoms with Crippen molar-refractivity contribution in [3.8, 4) is 17.2 Å².